The Balaban J connectivity index is 2.58. The molecule has 1 fully saturated rings. The van der Waals surface area contributed by atoms with Crippen LogP contribution in [0.1, 0.15) is 20.3 Å². The minimum atomic E-state index is -3.39. The summed E-state index contributed by atoms with van der Waals surface area (Å²) in [6.45, 7) is 5.13. The first-order valence-corrected chi connectivity index (χ1v) is 8.97. The quantitative estimate of drug-likeness (QED) is 0.727. The summed E-state index contributed by atoms with van der Waals surface area (Å²) in [5.41, 5.74) is 0. The van der Waals surface area contributed by atoms with E-state index in [0.717, 1.165) is 12.2 Å². The van der Waals surface area contributed by atoms with Gasteiger partial charge in [0.2, 0.25) is 10.0 Å². The summed E-state index contributed by atoms with van der Waals surface area (Å²) in [4.78, 5) is 0. The van der Waals surface area contributed by atoms with Crippen LogP contribution in [0, 0.1) is 5.92 Å². The van der Waals surface area contributed by atoms with Gasteiger partial charge in [0.15, 0.2) is 0 Å². The molecule has 0 spiro atoms. The van der Waals surface area contributed by atoms with Crippen LogP contribution in [0.3, 0.4) is 0 Å². The van der Waals surface area contributed by atoms with Gasteiger partial charge in [0, 0.05) is 25.5 Å². The molecule has 7 heteroatoms. The molecule has 0 bridgehead atoms. The molecule has 0 amide bonds. The number of methoxy groups -OCH3 is 2. The van der Waals surface area contributed by atoms with Crippen LogP contribution in [0.5, 0.6) is 0 Å². The first-order chi connectivity index (χ1) is 8.83. The van der Waals surface area contributed by atoms with Crippen LogP contribution in [0.4, 0.5) is 0 Å². The SMILES string of the molecule is COCC(COC)S(=O)(=O)NCC1CCSC1(C)C. The summed E-state index contributed by atoms with van der Waals surface area (Å²) in [6.07, 6.45) is 1.05. The number of rotatable bonds is 8. The van der Waals surface area contributed by atoms with Crippen molar-refractivity contribution >= 4 is 21.8 Å². The average molecular weight is 311 g/mol. The van der Waals surface area contributed by atoms with Crippen molar-refractivity contribution in [2.24, 2.45) is 5.92 Å². The van der Waals surface area contributed by atoms with E-state index >= 15 is 0 Å². The molecule has 19 heavy (non-hydrogen) atoms. The fourth-order valence-corrected chi connectivity index (χ4v) is 4.88. The number of hydrogen-bond acceptors (Lipinski definition) is 5. The zero-order valence-electron chi connectivity index (χ0n) is 12.1. The molecule has 1 atom stereocenters. The summed E-state index contributed by atoms with van der Waals surface area (Å²) in [5.74, 6) is 1.47. The van der Waals surface area contributed by atoms with E-state index in [1.165, 1.54) is 14.2 Å². The van der Waals surface area contributed by atoms with Crippen LogP contribution in [0.15, 0.2) is 0 Å². The summed E-state index contributed by atoms with van der Waals surface area (Å²) in [6, 6.07) is 0. The second-order valence-corrected chi connectivity index (χ2v) is 9.16. The van der Waals surface area contributed by atoms with Gasteiger partial charge in [-0.1, -0.05) is 13.8 Å². The standard InChI is InChI=1S/C12H25NO4S2/c1-12(2)10(5-6-18-12)7-13-19(14,15)11(8-16-3)9-17-4/h10-11,13H,5-9H2,1-4H3. The largest absolute Gasteiger partial charge is 0.383 e. The highest BCUT2D eigenvalue weighted by Crippen LogP contribution is 2.41. The molecule has 1 heterocycles. The zero-order chi connectivity index (χ0) is 14.5. The summed E-state index contributed by atoms with van der Waals surface area (Å²) < 4.78 is 37.2. The van der Waals surface area contributed by atoms with Crippen LogP contribution in [0.2, 0.25) is 0 Å². The van der Waals surface area contributed by atoms with Crippen LogP contribution in [-0.4, -0.2) is 58.1 Å². The van der Waals surface area contributed by atoms with Crippen LogP contribution < -0.4 is 4.72 Å². The van der Waals surface area contributed by atoms with Crippen molar-refractivity contribution in [3.63, 3.8) is 0 Å². The van der Waals surface area contributed by atoms with Crippen molar-refractivity contribution in [3.05, 3.63) is 0 Å². The lowest BCUT2D eigenvalue weighted by atomic mass is 9.93. The number of hydrogen-bond donors (Lipinski definition) is 1. The van der Waals surface area contributed by atoms with Crippen molar-refractivity contribution in [3.8, 4) is 0 Å². The molecule has 114 valence electrons. The Morgan fingerprint density at radius 3 is 2.32 bits per heavy atom. The smallest absolute Gasteiger partial charge is 0.219 e. The third kappa shape index (κ3) is 4.90. The van der Waals surface area contributed by atoms with Gasteiger partial charge < -0.3 is 9.47 Å². The third-order valence-electron chi connectivity index (χ3n) is 3.60. The van der Waals surface area contributed by atoms with Crippen molar-refractivity contribution in [1.29, 1.82) is 0 Å². The monoisotopic (exact) mass is 311 g/mol. The van der Waals surface area contributed by atoms with E-state index in [1.54, 1.807) is 0 Å². The minimum absolute atomic E-state index is 0.139. The molecule has 1 aliphatic rings. The predicted molar refractivity (Wildman–Crippen MR) is 79.1 cm³/mol. The molecule has 1 N–H and O–H groups in total. The lowest BCUT2D eigenvalue weighted by molar-refractivity contribution is 0.140. The van der Waals surface area contributed by atoms with E-state index < -0.39 is 15.3 Å². The van der Waals surface area contributed by atoms with Gasteiger partial charge in [0.25, 0.3) is 0 Å². The van der Waals surface area contributed by atoms with Gasteiger partial charge in [-0.3, -0.25) is 0 Å². The van der Waals surface area contributed by atoms with E-state index in [9.17, 15) is 8.42 Å². The van der Waals surface area contributed by atoms with E-state index in [4.69, 9.17) is 9.47 Å². The molecule has 1 unspecified atom stereocenters. The van der Waals surface area contributed by atoms with Gasteiger partial charge in [-0.2, -0.15) is 11.8 Å². The van der Waals surface area contributed by atoms with Gasteiger partial charge in [-0.15, -0.1) is 0 Å². The lowest BCUT2D eigenvalue weighted by Gasteiger charge is -2.27. The molecule has 0 aromatic carbocycles. The van der Waals surface area contributed by atoms with E-state index in [2.05, 4.69) is 18.6 Å². The van der Waals surface area contributed by atoms with Crippen molar-refractivity contribution in [2.75, 3.05) is 39.7 Å². The second-order valence-electron chi connectivity index (χ2n) is 5.36. The maximum atomic E-state index is 12.2. The molecule has 0 radical (unpaired) electrons. The summed E-state index contributed by atoms with van der Waals surface area (Å²) in [5, 5.41) is -0.653. The molecular weight excluding hydrogens is 286 g/mol. The molecular formula is C12H25NO4S2. The minimum Gasteiger partial charge on any atom is -0.383 e. The Labute approximate surface area is 120 Å². The molecule has 0 saturated carbocycles. The van der Waals surface area contributed by atoms with Gasteiger partial charge in [-0.25, -0.2) is 13.1 Å². The highest BCUT2D eigenvalue weighted by Gasteiger charge is 2.36. The molecule has 5 nitrogen and oxygen atoms in total. The average Bonchev–Trinajstić information content (AvgIpc) is 2.65. The molecule has 0 aliphatic carbocycles. The Morgan fingerprint density at radius 2 is 1.89 bits per heavy atom. The number of sulfonamides is 1. The van der Waals surface area contributed by atoms with Crippen molar-refractivity contribution in [2.45, 2.75) is 30.3 Å². The lowest BCUT2D eigenvalue weighted by Crippen LogP contribution is -2.43. The summed E-state index contributed by atoms with van der Waals surface area (Å²) in [7, 11) is -0.404. The van der Waals surface area contributed by atoms with Crippen molar-refractivity contribution in [1.82, 2.24) is 4.72 Å². The molecule has 0 aromatic heterocycles. The predicted octanol–water partition coefficient (Wildman–Crippen LogP) is 1.10. The number of nitrogens with one attached hydrogen (secondary N) is 1. The third-order valence-corrected chi connectivity index (χ3v) is 6.83. The fraction of sp³-hybridized carbons (Fsp3) is 1.00. The first kappa shape index (κ1) is 17.2. The van der Waals surface area contributed by atoms with Gasteiger partial charge in [0.1, 0.15) is 5.25 Å². The first-order valence-electron chi connectivity index (χ1n) is 6.44. The second kappa shape index (κ2) is 7.26. The van der Waals surface area contributed by atoms with Crippen LogP contribution in [-0.2, 0) is 19.5 Å². The van der Waals surface area contributed by atoms with Crippen LogP contribution >= 0.6 is 11.8 Å². The summed E-state index contributed by atoms with van der Waals surface area (Å²) >= 11 is 1.90. The molecule has 0 aromatic rings. The highest BCUT2D eigenvalue weighted by atomic mass is 32.2. The maximum Gasteiger partial charge on any atom is 0.219 e. The topological polar surface area (TPSA) is 64.6 Å². The highest BCUT2D eigenvalue weighted by molar-refractivity contribution is 8.00. The van der Waals surface area contributed by atoms with Gasteiger partial charge in [-0.05, 0) is 18.1 Å². The Hall–Kier alpha value is 0.180. The maximum absolute atomic E-state index is 12.2. The molecule has 1 saturated heterocycles. The fourth-order valence-electron chi connectivity index (χ4n) is 2.21. The Morgan fingerprint density at radius 1 is 1.32 bits per heavy atom. The van der Waals surface area contributed by atoms with E-state index in [-0.39, 0.29) is 18.0 Å². The molecule has 1 aliphatic heterocycles. The van der Waals surface area contributed by atoms with E-state index in [1.807, 2.05) is 11.8 Å². The van der Waals surface area contributed by atoms with Crippen molar-refractivity contribution < 1.29 is 17.9 Å². The van der Waals surface area contributed by atoms with Crippen LogP contribution in [0.25, 0.3) is 0 Å². The van der Waals surface area contributed by atoms with Gasteiger partial charge >= 0.3 is 0 Å². The normalized spacial score (nSPS) is 23.1. The Bertz CT molecular complexity index is 364. The molecule has 1 rings (SSSR count). The zero-order valence-corrected chi connectivity index (χ0v) is 13.8. The Kier molecular flexibility index (Phi) is 6.59. The van der Waals surface area contributed by atoms with Gasteiger partial charge in [0.05, 0.1) is 13.2 Å². The van der Waals surface area contributed by atoms with E-state index in [0.29, 0.717) is 12.5 Å². The number of ether oxygens (including phenoxy) is 2. The number of thioether (sulfide) groups is 1.